The first-order valence-electron chi connectivity index (χ1n) is 11.7. The lowest BCUT2D eigenvalue weighted by Gasteiger charge is -2.06. The van der Waals surface area contributed by atoms with Crippen LogP contribution in [0.1, 0.15) is 23.5 Å². The Labute approximate surface area is 210 Å². The Bertz CT molecular complexity index is 1710. The highest BCUT2D eigenvalue weighted by atomic mass is 19.1. The number of aromatic nitrogens is 4. The number of ether oxygens (including phenoxy) is 1. The SMILES string of the molecule is COc1cccc(-n2c(=O)n(Cc3c(F)cccc3F)c3cnc(N=C4C[C@H]4c4ccccc4)nc32)c1. The van der Waals surface area contributed by atoms with Gasteiger partial charge in [-0.2, -0.15) is 4.98 Å². The molecule has 1 atom stereocenters. The topological polar surface area (TPSA) is 74.3 Å². The monoisotopic (exact) mass is 497 g/mol. The second-order valence-corrected chi connectivity index (χ2v) is 8.76. The molecule has 0 unspecified atom stereocenters. The Kier molecular flexibility index (Phi) is 5.60. The molecule has 1 saturated carbocycles. The lowest BCUT2D eigenvalue weighted by atomic mass is 10.1. The Balaban J connectivity index is 1.49. The van der Waals surface area contributed by atoms with E-state index in [9.17, 15) is 13.6 Å². The van der Waals surface area contributed by atoms with Crippen LogP contribution in [0, 0.1) is 11.6 Å². The third kappa shape index (κ3) is 4.18. The maximum Gasteiger partial charge on any atom is 0.335 e. The highest BCUT2D eigenvalue weighted by Gasteiger charge is 2.33. The van der Waals surface area contributed by atoms with E-state index in [1.54, 1.807) is 24.3 Å². The van der Waals surface area contributed by atoms with Crippen molar-refractivity contribution in [3.8, 4) is 11.4 Å². The molecule has 3 aromatic carbocycles. The Morgan fingerprint density at radius 3 is 2.54 bits per heavy atom. The average Bonchev–Trinajstić information content (AvgIpc) is 3.63. The van der Waals surface area contributed by atoms with E-state index in [0.29, 0.717) is 17.0 Å². The van der Waals surface area contributed by atoms with Gasteiger partial charge in [-0.25, -0.2) is 28.1 Å². The molecule has 0 spiro atoms. The summed E-state index contributed by atoms with van der Waals surface area (Å²) in [5, 5.41) is 0. The fraction of sp³-hybridized carbons (Fsp3) is 0.143. The number of halogens is 2. The summed E-state index contributed by atoms with van der Waals surface area (Å²) in [6.45, 7) is -0.321. The molecule has 0 amide bonds. The zero-order valence-electron chi connectivity index (χ0n) is 19.8. The average molecular weight is 498 g/mol. The smallest absolute Gasteiger partial charge is 0.335 e. The van der Waals surface area contributed by atoms with Crippen molar-refractivity contribution in [3.63, 3.8) is 0 Å². The number of nitrogens with zero attached hydrogens (tertiary/aromatic N) is 5. The number of rotatable bonds is 6. The van der Waals surface area contributed by atoms with Crippen molar-refractivity contribution >= 4 is 22.8 Å². The van der Waals surface area contributed by atoms with Gasteiger partial charge in [0.1, 0.15) is 22.9 Å². The van der Waals surface area contributed by atoms with Crippen LogP contribution in [-0.4, -0.2) is 31.9 Å². The molecule has 6 rings (SSSR count). The molecule has 2 heterocycles. The summed E-state index contributed by atoms with van der Waals surface area (Å²) >= 11 is 0. The minimum atomic E-state index is -0.737. The molecule has 1 aliphatic rings. The van der Waals surface area contributed by atoms with Crippen molar-refractivity contribution in [2.45, 2.75) is 18.9 Å². The maximum atomic E-state index is 14.5. The maximum absolute atomic E-state index is 14.5. The summed E-state index contributed by atoms with van der Waals surface area (Å²) in [5.41, 5.74) is 2.49. The van der Waals surface area contributed by atoms with Crippen LogP contribution in [0.25, 0.3) is 16.9 Å². The van der Waals surface area contributed by atoms with Gasteiger partial charge in [-0.05, 0) is 36.2 Å². The van der Waals surface area contributed by atoms with Crippen LogP contribution in [0.5, 0.6) is 5.75 Å². The van der Waals surface area contributed by atoms with Crippen molar-refractivity contribution in [1.29, 1.82) is 0 Å². The molecule has 37 heavy (non-hydrogen) atoms. The largest absolute Gasteiger partial charge is 0.497 e. The molecule has 7 nitrogen and oxygen atoms in total. The third-order valence-corrected chi connectivity index (χ3v) is 6.45. The number of hydrogen-bond acceptors (Lipinski definition) is 5. The second-order valence-electron chi connectivity index (χ2n) is 8.76. The molecule has 0 aliphatic heterocycles. The number of aliphatic imine (C=N–C) groups is 1. The van der Waals surface area contributed by atoms with E-state index in [1.807, 2.05) is 18.2 Å². The first-order valence-corrected chi connectivity index (χ1v) is 11.7. The van der Waals surface area contributed by atoms with E-state index in [2.05, 4.69) is 27.1 Å². The summed E-state index contributed by atoms with van der Waals surface area (Å²) < 4.78 is 36.9. The zero-order chi connectivity index (χ0) is 25.5. The fourth-order valence-corrected chi connectivity index (χ4v) is 4.46. The van der Waals surface area contributed by atoms with E-state index < -0.39 is 17.3 Å². The molecule has 0 saturated heterocycles. The highest BCUT2D eigenvalue weighted by molar-refractivity contribution is 6.07. The molecule has 1 aliphatic carbocycles. The van der Waals surface area contributed by atoms with Crippen molar-refractivity contribution in [1.82, 2.24) is 19.1 Å². The molecule has 5 aromatic rings. The van der Waals surface area contributed by atoms with Gasteiger partial charge in [0.2, 0.25) is 0 Å². The summed E-state index contributed by atoms with van der Waals surface area (Å²) in [4.78, 5) is 27.2. The van der Waals surface area contributed by atoms with Gasteiger partial charge in [-0.1, -0.05) is 42.5 Å². The van der Waals surface area contributed by atoms with Gasteiger partial charge in [-0.3, -0.25) is 4.57 Å². The predicted molar refractivity (Wildman–Crippen MR) is 136 cm³/mol. The van der Waals surface area contributed by atoms with E-state index in [4.69, 9.17) is 4.74 Å². The molecular formula is C28H21F2N5O2. The molecule has 0 N–H and O–H groups in total. The van der Waals surface area contributed by atoms with Crippen LogP contribution in [0.15, 0.2) is 88.8 Å². The first kappa shape index (κ1) is 22.8. The molecule has 184 valence electrons. The van der Waals surface area contributed by atoms with E-state index in [-0.39, 0.29) is 29.6 Å². The first-order chi connectivity index (χ1) is 18.0. The minimum Gasteiger partial charge on any atom is -0.497 e. The van der Waals surface area contributed by atoms with Crippen LogP contribution >= 0.6 is 0 Å². The second kappa shape index (κ2) is 9.09. The molecule has 2 aromatic heterocycles. The Hall–Kier alpha value is -4.66. The van der Waals surface area contributed by atoms with Crippen molar-refractivity contribution in [2.24, 2.45) is 4.99 Å². The van der Waals surface area contributed by atoms with Crippen molar-refractivity contribution in [3.05, 3.63) is 112 Å². The number of methoxy groups -OCH3 is 1. The van der Waals surface area contributed by atoms with Gasteiger partial charge >= 0.3 is 5.69 Å². The quantitative estimate of drug-likeness (QED) is 0.324. The summed E-state index contributed by atoms with van der Waals surface area (Å²) in [5.74, 6) is -0.497. The number of imidazole rings is 1. The molecule has 9 heteroatoms. The van der Waals surface area contributed by atoms with Crippen LogP contribution < -0.4 is 10.4 Å². The predicted octanol–water partition coefficient (Wildman–Crippen LogP) is 5.18. The van der Waals surface area contributed by atoms with E-state index in [0.717, 1.165) is 24.3 Å². The molecule has 0 bridgehead atoms. The fourth-order valence-electron chi connectivity index (χ4n) is 4.46. The van der Waals surface area contributed by atoms with Gasteiger partial charge < -0.3 is 4.74 Å². The molecular weight excluding hydrogens is 476 g/mol. The van der Waals surface area contributed by atoms with Gasteiger partial charge in [0, 0.05) is 23.3 Å². The normalized spacial score (nSPS) is 15.9. The van der Waals surface area contributed by atoms with E-state index >= 15 is 0 Å². The molecule has 1 fully saturated rings. The van der Waals surface area contributed by atoms with Gasteiger partial charge in [0.05, 0.1) is 25.5 Å². The Morgan fingerprint density at radius 2 is 1.78 bits per heavy atom. The van der Waals surface area contributed by atoms with Gasteiger partial charge in [0.15, 0.2) is 5.65 Å². The number of benzene rings is 3. The standard InChI is InChI=1S/C28H21F2N5O2/c1-37-19-10-5-9-18(13-19)35-26-25(34(28(35)36)16-21-22(29)11-6-12-23(21)30)15-31-27(33-26)32-24-14-20(24)17-7-3-2-4-8-17/h2-13,15,20H,14,16H2,1H3/t20-/m0/s1. The van der Waals surface area contributed by atoms with Crippen molar-refractivity contribution < 1.29 is 13.5 Å². The minimum absolute atomic E-state index is 0.215. The lowest BCUT2D eigenvalue weighted by molar-refractivity contribution is 0.414. The third-order valence-electron chi connectivity index (χ3n) is 6.45. The molecule has 0 radical (unpaired) electrons. The van der Waals surface area contributed by atoms with Crippen molar-refractivity contribution in [2.75, 3.05) is 7.11 Å². The van der Waals surface area contributed by atoms with Crippen LogP contribution in [0.2, 0.25) is 0 Å². The zero-order valence-corrected chi connectivity index (χ0v) is 19.8. The number of fused-ring (bicyclic) bond motifs is 1. The number of hydrogen-bond donors (Lipinski definition) is 0. The lowest BCUT2D eigenvalue weighted by Crippen LogP contribution is -2.24. The van der Waals surface area contributed by atoms with E-state index in [1.165, 1.54) is 34.1 Å². The highest BCUT2D eigenvalue weighted by Crippen LogP contribution is 2.38. The van der Waals surface area contributed by atoms with Crippen LogP contribution in [0.4, 0.5) is 14.7 Å². The van der Waals surface area contributed by atoms with Gasteiger partial charge in [-0.15, -0.1) is 0 Å². The van der Waals surface area contributed by atoms with Crippen LogP contribution in [-0.2, 0) is 6.54 Å². The van der Waals surface area contributed by atoms with Gasteiger partial charge in [0.25, 0.3) is 5.95 Å². The summed E-state index contributed by atoms with van der Waals surface area (Å²) in [7, 11) is 1.53. The Morgan fingerprint density at radius 1 is 1.03 bits per heavy atom. The summed E-state index contributed by atoms with van der Waals surface area (Å²) in [6.07, 6.45) is 2.28. The summed E-state index contributed by atoms with van der Waals surface area (Å²) in [6, 6.07) is 20.6. The van der Waals surface area contributed by atoms with Crippen LogP contribution in [0.3, 0.4) is 0 Å².